The van der Waals surface area contributed by atoms with E-state index in [4.69, 9.17) is 0 Å². The van der Waals surface area contributed by atoms with Crippen molar-refractivity contribution in [2.45, 2.75) is 18.9 Å². The number of carbonyl (C=O) groups excluding carboxylic acids is 1. The average Bonchev–Trinajstić information content (AvgIpc) is 3.01. The lowest BCUT2D eigenvalue weighted by Gasteiger charge is -2.51. The van der Waals surface area contributed by atoms with Crippen molar-refractivity contribution in [1.82, 2.24) is 24.3 Å². The molecule has 6 nitrogen and oxygen atoms in total. The van der Waals surface area contributed by atoms with Gasteiger partial charge < -0.3 is 14.4 Å². The van der Waals surface area contributed by atoms with Gasteiger partial charge in [-0.3, -0.25) is 9.69 Å². The zero-order valence-corrected chi connectivity index (χ0v) is 13.3. The van der Waals surface area contributed by atoms with Gasteiger partial charge in [-0.25, -0.2) is 4.98 Å². The molecule has 120 valence electrons. The first-order valence-electron chi connectivity index (χ1n) is 8.44. The lowest BCUT2D eigenvalue weighted by atomic mass is 9.83. The Bertz CT molecular complexity index is 540. The Hall–Kier alpha value is -1.40. The molecule has 6 heteroatoms. The van der Waals surface area contributed by atoms with Gasteiger partial charge in [-0.1, -0.05) is 0 Å². The fourth-order valence-electron chi connectivity index (χ4n) is 4.33. The molecule has 0 saturated carbocycles. The number of aromatic nitrogens is 2. The molecule has 1 atom stereocenters. The molecule has 5 heterocycles. The molecule has 4 aliphatic heterocycles. The van der Waals surface area contributed by atoms with Crippen molar-refractivity contribution in [3.05, 3.63) is 18.2 Å². The summed E-state index contributed by atoms with van der Waals surface area (Å²) in [5.74, 6) is 0.998. The summed E-state index contributed by atoms with van der Waals surface area (Å²) in [4.78, 5) is 23.8. The first-order valence-corrected chi connectivity index (χ1v) is 8.44. The highest BCUT2D eigenvalue weighted by atomic mass is 16.2. The summed E-state index contributed by atoms with van der Waals surface area (Å²) in [7, 11) is 1.88. The van der Waals surface area contributed by atoms with Crippen molar-refractivity contribution in [3.63, 3.8) is 0 Å². The molecular weight excluding hydrogens is 278 g/mol. The van der Waals surface area contributed by atoms with Crippen LogP contribution < -0.4 is 0 Å². The van der Waals surface area contributed by atoms with Gasteiger partial charge in [0.2, 0.25) is 0 Å². The van der Waals surface area contributed by atoms with Crippen molar-refractivity contribution >= 4 is 5.91 Å². The van der Waals surface area contributed by atoms with Crippen LogP contribution in [0.25, 0.3) is 0 Å². The molecule has 0 aromatic carbocycles. The maximum Gasteiger partial charge on any atom is 0.272 e. The highest BCUT2D eigenvalue weighted by Crippen LogP contribution is 2.31. The Morgan fingerprint density at radius 3 is 2.41 bits per heavy atom. The molecule has 4 saturated heterocycles. The highest BCUT2D eigenvalue weighted by molar-refractivity contribution is 5.92. The summed E-state index contributed by atoms with van der Waals surface area (Å²) < 4.78 is 1.81. The van der Waals surface area contributed by atoms with Crippen LogP contribution in [0.2, 0.25) is 0 Å². The zero-order valence-electron chi connectivity index (χ0n) is 13.3. The Balaban J connectivity index is 1.37. The minimum Gasteiger partial charge on any atom is -0.335 e. The molecule has 0 spiro atoms. The predicted molar refractivity (Wildman–Crippen MR) is 83.6 cm³/mol. The summed E-state index contributed by atoms with van der Waals surface area (Å²) >= 11 is 0. The number of carbonyl (C=O) groups is 1. The van der Waals surface area contributed by atoms with Crippen LogP contribution in [-0.4, -0.2) is 82.0 Å². The van der Waals surface area contributed by atoms with Crippen LogP contribution in [0.4, 0.5) is 0 Å². The molecule has 1 aromatic rings. The van der Waals surface area contributed by atoms with Crippen molar-refractivity contribution in [2.24, 2.45) is 13.0 Å². The second-order valence-electron chi connectivity index (χ2n) is 6.92. The normalized spacial score (nSPS) is 32.4. The second kappa shape index (κ2) is 5.66. The minimum absolute atomic E-state index is 0.119. The zero-order chi connectivity index (χ0) is 15.1. The lowest BCUT2D eigenvalue weighted by Crippen LogP contribution is -2.61. The Kier molecular flexibility index (Phi) is 3.66. The number of rotatable bonds is 2. The van der Waals surface area contributed by atoms with Gasteiger partial charge in [-0.15, -0.1) is 0 Å². The summed E-state index contributed by atoms with van der Waals surface area (Å²) in [6.45, 7) is 7.53. The maximum absolute atomic E-state index is 12.5. The van der Waals surface area contributed by atoms with Crippen LogP contribution in [0.5, 0.6) is 0 Å². The van der Waals surface area contributed by atoms with Gasteiger partial charge in [0.15, 0.2) is 0 Å². The van der Waals surface area contributed by atoms with E-state index in [1.807, 2.05) is 16.5 Å². The molecule has 0 radical (unpaired) electrons. The topological polar surface area (TPSA) is 44.6 Å². The standard InChI is InChI=1S/C16H25N5O/c1-18-12-17-10-14(18)16(22)21-8-6-20(7-9-21)15-11-19-4-2-13(15)3-5-19/h10,12-13,15H,2-9,11H2,1H3. The molecule has 1 amide bonds. The Morgan fingerprint density at radius 1 is 1.14 bits per heavy atom. The van der Waals surface area contributed by atoms with E-state index in [0.29, 0.717) is 5.69 Å². The third kappa shape index (κ3) is 2.44. The summed E-state index contributed by atoms with van der Waals surface area (Å²) in [6, 6.07) is 0.719. The number of amides is 1. The molecule has 1 unspecified atom stereocenters. The smallest absolute Gasteiger partial charge is 0.272 e. The molecule has 2 bridgehead atoms. The van der Waals surface area contributed by atoms with Gasteiger partial charge >= 0.3 is 0 Å². The fraction of sp³-hybridized carbons (Fsp3) is 0.750. The largest absolute Gasteiger partial charge is 0.335 e. The molecule has 0 aliphatic carbocycles. The quantitative estimate of drug-likeness (QED) is 0.787. The molecule has 5 rings (SSSR count). The number of nitrogens with zero attached hydrogens (tertiary/aromatic N) is 5. The van der Waals surface area contributed by atoms with Gasteiger partial charge in [-0.2, -0.15) is 0 Å². The summed E-state index contributed by atoms with van der Waals surface area (Å²) in [5, 5.41) is 0. The van der Waals surface area contributed by atoms with Gasteiger partial charge in [0.1, 0.15) is 5.69 Å². The number of hydrogen-bond acceptors (Lipinski definition) is 4. The van der Waals surface area contributed by atoms with Gasteiger partial charge in [0.05, 0.1) is 12.5 Å². The third-order valence-electron chi connectivity index (χ3n) is 5.73. The van der Waals surface area contributed by atoms with Crippen molar-refractivity contribution in [1.29, 1.82) is 0 Å². The summed E-state index contributed by atoms with van der Waals surface area (Å²) in [6.07, 6.45) is 6.08. The summed E-state index contributed by atoms with van der Waals surface area (Å²) in [5.41, 5.74) is 0.691. The average molecular weight is 303 g/mol. The van der Waals surface area contributed by atoms with Crippen LogP contribution >= 0.6 is 0 Å². The minimum atomic E-state index is 0.119. The monoisotopic (exact) mass is 303 g/mol. The van der Waals surface area contributed by atoms with Crippen molar-refractivity contribution in [3.8, 4) is 0 Å². The number of aryl methyl sites for hydroxylation is 1. The van der Waals surface area contributed by atoms with E-state index in [0.717, 1.165) is 38.1 Å². The molecule has 4 aliphatic rings. The van der Waals surface area contributed by atoms with E-state index < -0.39 is 0 Å². The van der Waals surface area contributed by atoms with Crippen LogP contribution in [-0.2, 0) is 7.05 Å². The number of piperidine rings is 3. The second-order valence-corrected chi connectivity index (χ2v) is 6.92. The van der Waals surface area contributed by atoms with Gasteiger partial charge in [0.25, 0.3) is 5.91 Å². The van der Waals surface area contributed by atoms with Crippen molar-refractivity contribution < 1.29 is 4.79 Å². The van der Waals surface area contributed by atoms with E-state index >= 15 is 0 Å². The number of piperazine rings is 1. The van der Waals surface area contributed by atoms with Gasteiger partial charge in [0, 0.05) is 45.8 Å². The van der Waals surface area contributed by atoms with E-state index in [-0.39, 0.29) is 5.91 Å². The third-order valence-corrected chi connectivity index (χ3v) is 5.73. The molecular formula is C16H25N5O. The van der Waals surface area contributed by atoms with E-state index in [1.165, 1.54) is 32.5 Å². The molecule has 1 aromatic heterocycles. The molecule has 22 heavy (non-hydrogen) atoms. The van der Waals surface area contributed by atoms with E-state index in [9.17, 15) is 4.79 Å². The van der Waals surface area contributed by atoms with Crippen LogP contribution in [0.15, 0.2) is 12.5 Å². The van der Waals surface area contributed by atoms with Gasteiger partial charge in [-0.05, 0) is 31.8 Å². The van der Waals surface area contributed by atoms with E-state index in [2.05, 4.69) is 14.8 Å². The van der Waals surface area contributed by atoms with Crippen LogP contribution in [0.1, 0.15) is 23.3 Å². The first kappa shape index (κ1) is 14.2. The predicted octanol–water partition coefficient (Wildman–Crippen LogP) is 0.272. The number of imidazole rings is 1. The highest BCUT2D eigenvalue weighted by Gasteiger charge is 2.38. The Labute approximate surface area is 131 Å². The lowest BCUT2D eigenvalue weighted by molar-refractivity contribution is -0.0132. The molecule has 4 fully saturated rings. The van der Waals surface area contributed by atoms with Crippen LogP contribution in [0, 0.1) is 5.92 Å². The van der Waals surface area contributed by atoms with Crippen LogP contribution in [0.3, 0.4) is 0 Å². The fourth-order valence-corrected chi connectivity index (χ4v) is 4.33. The first-order chi connectivity index (χ1) is 10.7. The SMILES string of the molecule is Cn1cncc1C(=O)N1CCN(C2CN3CCC2CC3)CC1. The number of hydrogen-bond donors (Lipinski definition) is 0. The van der Waals surface area contributed by atoms with E-state index in [1.54, 1.807) is 12.5 Å². The number of fused-ring (bicyclic) bond motifs is 3. The molecule has 0 N–H and O–H groups in total. The maximum atomic E-state index is 12.5. The Morgan fingerprint density at radius 2 is 1.86 bits per heavy atom. The van der Waals surface area contributed by atoms with Crippen molar-refractivity contribution in [2.75, 3.05) is 45.8 Å².